The average Bonchev–Trinajstić information content (AvgIpc) is 2.63. The zero-order chi connectivity index (χ0) is 18.1. The summed E-state index contributed by atoms with van der Waals surface area (Å²) in [7, 11) is 0. The van der Waals surface area contributed by atoms with Crippen molar-refractivity contribution in [2.24, 2.45) is 23.2 Å². The Balaban J connectivity index is 1.25. The molecule has 0 aliphatic heterocycles. The van der Waals surface area contributed by atoms with E-state index in [0.29, 0.717) is 5.56 Å². The van der Waals surface area contributed by atoms with Crippen LogP contribution >= 0.6 is 0 Å². The number of nitrogens with one attached hydrogen (secondary N) is 1. The minimum atomic E-state index is -0.514. The van der Waals surface area contributed by atoms with Gasteiger partial charge in [0, 0.05) is 6.54 Å². The number of carbonyl (C=O) groups excluding carboxylic acids is 2. The van der Waals surface area contributed by atoms with Crippen molar-refractivity contribution in [1.82, 2.24) is 5.32 Å². The molecule has 0 radical (unpaired) electrons. The highest BCUT2D eigenvalue weighted by atomic mass is 16.5. The van der Waals surface area contributed by atoms with Crippen molar-refractivity contribution in [2.75, 3.05) is 13.2 Å². The number of esters is 1. The molecule has 140 valence electrons. The molecule has 26 heavy (non-hydrogen) atoms. The predicted molar refractivity (Wildman–Crippen MR) is 96.3 cm³/mol. The number of hydrogen-bond donors (Lipinski definition) is 2. The number of ether oxygens (including phenoxy) is 1. The van der Waals surface area contributed by atoms with Crippen LogP contribution < -0.4 is 5.32 Å². The molecule has 4 aliphatic rings. The van der Waals surface area contributed by atoms with Gasteiger partial charge in [-0.15, -0.1) is 0 Å². The smallest absolute Gasteiger partial charge is 0.338 e. The third-order valence-electron chi connectivity index (χ3n) is 6.53. The van der Waals surface area contributed by atoms with Crippen molar-refractivity contribution in [3.8, 4) is 0 Å². The van der Waals surface area contributed by atoms with Gasteiger partial charge in [-0.3, -0.25) is 4.79 Å². The molecule has 4 bridgehead atoms. The monoisotopic (exact) mass is 357 g/mol. The van der Waals surface area contributed by atoms with Crippen LogP contribution in [0, 0.1) is 23.2 Å². The third-order valence-corrected chi connectivity index (χ3v) is 6.53. The number of carbonyl (C=O) groups is 2. The van der Waals surface area contributed by atoms with Crippen LogP contribution in [0.2, 0.25) is 0 Å². The third kappa shape index (κ3) is 3.63. The SMILES string of the molecule is O=C(COC(=O)c1ccc(CO)cc1)NCC12CC3CC(CC(C3)C1)C2. The van der Waals surface area contributed by atoms with E-state index < -0.39 is 5.97 Å². The van der Waals surface area contributed by atoms with Gasteiger partial charge in [0.05, 0.1) is 12.2 Å². The van der Waals surface area contributed by atoms with E-state index in [1.54, 1.807) is 24.3 Å². The van der Waals surface area contributed by atoms with Gasteiger partial charge in [-0.2, -0.15) is 0 Å². The molecule has 0 unspecified atom stereocenters. The van der Waals surface area contributed by atoms with Gasteiger partial charge in [-0.25, -0.2) is 4.79 Å². The van der Waals surface area contributed by atoms with Crippen LogP contribution in [-0.2, 0) is 16.1 Å². The van der Waals surface area contributed by atoms with E-state index >= 15 is 0 Å². The maximum absolute atomic E-state index is 12.2. The Morgan fingerprint density at radius 3 is 2.15 bits per heavy atom. The van der Waals surface area contributed by atoms with Crippen LogP contribution in [-0.4, -0.2) is 30.1 Å². The summed E-state index contributed by atoms with van der Waals surface area (Å²) in [5, 5.41) is 12.0. The number of rotatable bonds is 6. The van der Waals surface area contributed by atoms with Gasteiger partial charge in [0.15, 0.2) is 6.61 Å². The quantitative estimate of drug-likeness (QED) is 0.768. The fourth-order valence-corrected chi connectivity index (χ4v) is 5.80. The molecule has 5 nitrogen and oxygen atoms in total. The summed E-state index contributed by atoms with van der Waals surface area (Å²) in [6.07, 6.45) is 7.91. The summed E-state index contributed by atoms with van der Waals surface area (Å²) in [5.41, 5.74) is 1.40. The Morgan fingerprint density at radius 2 is 1.62 bits per heavy atom. The highest BCUT2D eigenvalue weighted by Crippen LogP contribution is 2.59. The molecule has 1 amide bonds. The Hall–Kier alpha value is -1.88. The number of aliphatic hydroxyl groups excluding tert-OH is 1. The van der Waals surface area contributed by atoms with E-state index in [2.05, 4.69) is 5.32 Å². The fraction of sp³-hybridized carbons (Fsp3) is 0.619. The first-order valence-electron chi connectivity index (χ1n) is 9.69. The van der Waals surface area contributed by atoms with Gasteiger partial charge < -0.3 is 15.2 Å². The molecule has 0 saturated heterocycles. The van der Waals surface area contributed by atoms with Gasteiger partial charge in [0.25, 0.3) is 5.91 Å². The second-order valence-electron chi connectivity index (χ2n) is 8.63. The van der Waals surface area contributed by atoms with Gasteiger partial charge in [-0.1, -0.05) is 12.1 Å². The first-order chi connectivity index (χ1) is 12.5. The summed E-state index contributed by atoms with van der Waals surface area (Å²) in [6, 6.07) is 6.54. The van der Waals surface area contributed by atoms with Crippen molar-refractivity contribution in [1.29, 1.82) is 0 Å². The van der Waals surface area contributed by atoms with Crippen molar-refractivity contribution in [3.63, 3.8) is 0 Å². The van der Waals surface area contributed by atoms with E-state index in [0.717, 1.165) is 29.9 Å². The minimum absolute atomic E-state index is 0.0674. The molecular weight excluding hydrogens is 330 g/mol. The van der Waals surface area contributed by atoms with Gasteiger partial charge in [0.2, 0.25) is 0 Å². The number of hydrogen-bond acceptors (Lipinski definition) is 4. The molecule has 1 aromatic rings. The maximum Gasteiger partial charge on any atom is 0.338 e. The molecule has 0 atom stereocenters. The number of benzene rings is 1. The lowest BCUT2D eigenvalue weighted by atomic mass is 9.49. The van der Waals surface area contributed by atoms with Crippen LogP contribution in [0.3, 0.4) is 0 Å². The summed E-state index contributed by atoms with van der Waals surface area (Å²) in [6.45, 7) is 0.410. The summed E-state index contributed by atoms with van der Waals surface area (Å²) in [4.78, 5) is 24.2. The second kappa shape index (κ2) is 7.03. The predicted octanol–water partition coefficient (Wildman–Crippen LogP) is 2.67. The highest BCUT2D eigenvalue weighted by Gasteiger charge is 2.50. The van der Waals surface area contributed by atoms with Crippen molar-refractivity contribution < 1.29 is 19.4 Å². The van der Waals surface area contributed by atoms with E-state index in [1.165, 1.54) is 38.5 Å². The number of aliphatic hydroxyl groups is 1. The van der Waals surface area contributed by atoms with Gasteiger partial charge in [-0.05, 0) is 79.4 Å². The molecule has 5 heteroatoms. The Kier molecular flexibility index (Phi) is 4.74. The Labute approximate surface area is 154 Å². The van der Waals surface area contributed by atoms with Crippen molar-refractivity contribution in [3.05, 3.63) is 35.4 Å². The molecule has 5 rings (SSSR count). The first kappa shape index (κ1) is 17.5. The second-order valence-corrected chi connectivity index (χ2v) is 8.63. The molecule has 0 spiro atoms. The van der Waals surface area contributed by atoms with Crippen molar-refractivity contribution in [2.45, 2.75) is 45.1 Å². The molecule has 4 saturated carbocycles. The van der Waals surface area contributed by atoms with E-state index in [-0.39, 0.29) is 24.5 Å². The molecule has 4 aliphatic carbocycles. The van der Waals surface area contributed by atoms with Crippen LogP contribution in [0.15, 0.2) is 24.3 Å². The lowest BCUT2D eigenvalue weighted by molar-refractivity contribution is -0.126. The summed E-state index contributed by atoms with van der Waals surface area (Å²) in [5.74, 6) is 1.84. The van der Waals surface area contributed by atoms with Crippen LogP contribution in [0.1, 0.15) is 54.4 Å². The van der Waals surface area contributed by atoms with Crippen LogP contribution in [0.4, 0.5) is 0 Å². The molecule has 2 N–H and O–H groups in total. The standard InChI is InChI=1S/C21H27NO4/c23-11-14-1-3-18(4-2-14)20(25)26-12-19(24)22-13-21-8-15-5-16(9-21)7-17(6-15)10-21/h1-4,15-17,23H,5-13H2,(H,22,24). The maximum atomic E-state index is 12.2. The topological polar surface area (TPSA) is 75.6 Å². The van der Waals surface area contributed by atoms with E-state index in [1.807, 2.05) is 0 Å². The first-order valence-corrected chi connectivity index (χ1v) is 9.69. The summed E-state index contributed by atoms with van der Waals surface area (Å²) >= 11 is 0. The lowest BCUT2D eigenvalue weighted by Crippen LogP contribution is -2.51. The Bertz CT molecular complexity index is 646. The van der Waals surface area contributed by atoms with Crippen LogP contribution in [0.25, 0.3) is 0 Å². The van der Waals surface area contributed by atoms with Crippen molar-refractivity contribution >= 4 is 11.9 Å². The minimum Gasteiger partial charge on any atom is -0.452 e. The molecule has 0 aromatic heterocycles. The Morgan fingerprint density at radius 1 is 1.04 bits per heavy atom. The summed E-state index contributed by atoms with van der Waals surface area (Å²) < 4.78 is 5.12. The lowest BCUT2D eigenvalue weighted by Gasteiger charge is -2.56. The van der Waals surface area contributed by atoms with Crippen LogP contribution in [0.5, 0.6) is 0 Å². The molecule has 0 heterocycles. The highest BCUT2D eigenvalue weighted by molar-refractivity contribution is 5.91. The molecule has 1 aromatic carbocycles. The largest absolute Gasteiger partial charge is 0.452 e. The molecule has 4 fully saturated rings. The number of amides is 1. The zero-order valence-corrected chi connectivity index (χ0v) is 15.1. The normalized spacial score (nSPS) is 31.7. The van der Waals surface area contributed by atoms with Gasteiger partial charge in [0.1, 0.15) is 0 Å². The van der Waals surface area contributed by atoms with Gasteiger partial charge >= 0.3 is 5.97 Å². The average molecular weight is 357 g/mol. The van der Waals surface area contributed by atoms with E-state index in [4.69, 9.17) is 9.84 Å². The zero-order valence-electron chi connectivity index (χ0n) is 15.1. The molecular formula is C21H27NO4. The fourth-order valence-electron chi connectivity index (χ4n) is 5.80. The van der Waals surface area contributed by atoms with E-state index in [9.17, 15) is 9.59 Å².